The number of nitrogens with zero attached hydrogens (tertiary/aromatic N) is 1. The Bertz CT molecular complexity index is 247. The van der Waals surface area contributed by atoms with Gasteiger partial charge in [0.25, 0.3) is 0 Å². The summed E-state index contributed by atoms with van der Waals surface area (Å²) in [7, 11) is 1.57. The molecule has 102 valence electrons. The predicted molar refractivity (Wildman–Crippen MR) is 71.3 cm³/mol. The topological polar surface area (TPSA) is 55.6 Å². The fraction of sp³-hybridized carbons (Fsp3) is 0.917. The Morgan fingerprint density at radius 2 is 2.06 bits per heavy atom. The van der Waals surface area contributed by atoms with Crippen LogP contribution in [0, 0.1) is 5.41 Å². The second-order valence-electron chi connectivity index (χ2n) is 5.40. The van der Waals surface area contributed by atoms with Gasteiger partial charge in [0.15, 0.2) is 0 Å². The summed E-state index contributed by atoms with van der Waals surface area (Å²) in [4.78, 5) is 13.9. The number of carbonyl (C=O) groups excluding carboxylic acids is 1. The number of ether oxygens (including phenoxy) is 1. The molecule has 1 fully saturated rings. The molecule has 1 heterocycles. The number of nitrogens with two attached hydrogens (primary N) is 1. The average molecular weight is 265 g/mol. The molecule has 0 radical (unpaired) electrons. The first-order valence-corrected chi connectivity index (χ1v) is 5.99. The maximum atomic E-state index is 12.0. The molecule has 0 saturated carbocycles. The van der Waals surface area contributed by atoms with E-state index in [0.29, 0.717) is 12.0 Å². The highest BCUT2D eigenvalue weighted by atomic mass is 35.5. The van der Waals surface area contributed by atoms with Crippen molar-refractivity contribution in [3.8, 4) is 0 Å². The van der Waals surface area contributed by atoms with Crippen LogP contribution in [0.3, 0.4) is 0 Å². The van der Waals surface area contributed by atoms with Gasteiger partial charge >= 0.3 is 0 Å². The van der Waals surface area contributed by atoms with Crippen LogP contribution in [0.1, 0.15) is 33.1 Å². The van der Waals surface area contributed by atoms with E-state index < -0.39 is 6.04 Å². The molecule has 2 N–H and O–H groups in total. The molecule has 5 heteroatoms. The van der Waals surface area contributed by atoms with Crippen LogP contribution < -0.4 is 5.73 Å². The Kier molecular flexibility index (Phi) is 7.05. The van der Waals surface area contributed by atoms with Crippen molar-refractivity contribution in [3.05, 3.63) is 0 Å². The summed E-state index contributed by atoms with van der Waals surface area (Å²) < 4.78 is 4.92. The molecule has 0 spiro atoms. The number of rotatable bonds is 3. The lowest BCUT2D eigenvalue weighted by atomic mass is 9.85. The highest BCUT2D eigenvalue weighted by molar-refractivity contribution is 5.85. The van der Waals surface area contributed by atoms with Gasteiger partial charge < -0.3 is 15.4 Å². The molecule has 1 amide bonds. The predicted octanol–water partition coefficient (Wildman–Crippen LogP) is 1.42. The van der Waals surface area contributed by atoms with E-state index in [1.165, 1.54) is 6.42 Å². The minimum Gasteiger partial charge on any atom is -0.383 e. The number of likely N-dealkylation sites (tertiary alicyclic amines) is 1. The van der Waals surface area contributed by atoms with Crippen molar-refractivity contribution in [2.45, 2.75) is 39.2 Å². The molecule has 1 atom stereocenters. The van der Waals surface area contributed by atoms with E-state index in [2.05, 4.69) is 13.8 Å². The Morgan fingerprint density at radius 1 is 1.41 bits per heavy atom. The molecule has 17 heavy (non-hydrogen) atoms. The molecule has 0 aromatic heterocycles. The first kappa shape index (κ1) is 16.7. The van der Waals surface area contributed by atoms with Crippen molar-refractivity contribution in [1.29, 1.82) is 0 Å². The lowest BCUT2D eigenvalue weighted by Crippen LogP contribution is -2.46. The van der Waals surface area contributed by atoms with Crippen LogP contribution >= 0.6 is 12.4 Å². The van der Waals surface area contributed by atoms with E-state index in [-0.39, 0.29) is 18.3 Å². The molecule has 4 nitrogen and oxygen atoms in total. The smallest absolute Gasteiger partial charge is 0.241 e. The van der Waals surface area contributed by atoms with E-state index in [1.54, 1.807) is 7.11 Å². The number of halogens is 1. The van der Waals surface area contributed by atoms with Crippen LogP contribution in [0.5, 0.6) is 0 Å². The molecule has 1 aliphatic heterocycles. The van der Waals surface area contributed by atoms with Gasteiger partial charge in [0.05, 0.1) is 6.61 Å². The van der Waals surface area contributed by atoms with Crippen LogP contribution in [-0.2, 0) is 9.53 Å². The summed E-state index contributed by atoms with van der Waals surface area (Å²) in [5, 5.41) is 0. The zero-order chi connectivity index (χ0) is 12.2. The second-order valence-corrected chi connectivity index (χ2v) is 5.40. The number of carbonyl (C=O) groups is 1. The van der Waals surface area contributed by atoms with Gasteiger partial charge in [-0.2, -0.15) is 0 Å². The normalized spacial score (nSPS) is 21.3. The van der Waals surface area contributed by atoms with Gasteiger partial charge in [-0.3, -0.25) is 4.79 Å². The molecule has 0 aromatic rings. The molecule has 1 rings (SSSR count). The van der Waals surface area contributed by atoms with Gasteiger partial charge in [-0.05, 0) is 24.7 Å². The van der Waals surface area contributed by atoms with Crippen molar-refractivity contribution >= 4 is 18.3 Å². The molecule has 1 aliphatic rings. The maximum absolute atomic E-state index is 12.0. The van der Waals surface area contributed by atoms with Crippen molar-refractivity contribution < 1.29 is 9.53 Å². The van der Waals surface area contributed by atoms with Crippen molar-refractivity contribution in [1.82, 2.24) is 4.90 Å². The Hall–Kier alpha value is -0.320. The van der Waals surface area contributed by atoms with Crippen LogP contribution in [0.2, 0.25) is 0 Å². The zero-order valence-corrected chi connectivity index (χ0v) is 11.9. The fourth-order valence-corrected chi connectivity index (χ4v) is 2.13. The minimum absolute atomic E-state index is 0. The summed E-state index contributed by atoms with van der Waals surface area (Å²) in [5.74, 6) is 0.0274. The van der Waals surface area contributed by atoms with Gasteiger partial charge in [-0.15, -0.1) is 12.4 Å². The number of amides is 1. The highest BCUT2D eigenvalue weighted by Crippen LogP contribution is 2.29. The van der Waals surface area contributed by atoms with E-state index in [4.69, 9.17) is 10.5 Å². The van der Waals surface area contributed by atoms with Crippen LogP contribution in [0.4, 0.5) is 0 Å². The standard InChI is InChI=1S/C12H24N2O2.ClH/c1-12(2)5-4-7-14(8-6-12)11(15)10(13)9-16-3;/h10H,4-9,13H2,1-3H3;1H. The SMILES string of the molecule is COCC(N)C(=O)N1CCCC(C)(C)CC1.Cl. The molecule has 0 bridgehead atoms. The van der Waals surface area contributed by atoms with E-state index in [0.717, 1.165) is 25.9 Å². The number of hydrogen-bond acceptors (Lipinski definition) is 3. The lowest BCUT2D eigenvalue weighted by Gasteiger charge is -2.25. The fourth-order valence-electron chi connectivity index (χ4n) is 2.13. The Labute approximate surface area is 110 Å². The lowest BCUT2D eigenvalue weighted by molar-refractivity contribution is -0.133. The highest BCUT2D eigenvalue weighted by Gasteiger charge is 2.27. The number of hydrogen-bond donors (Lipinski definition) is 1. The molecular formula is C12H25ClN2O2. The monoisotopic (exact) mass is 264 g/mol. The Balaban J connectivity index is 0.00000256. The van der Waals surface area contributed by atoms with Crippen LogP contribution in [-0.4, -0.2) is 43.7 Å². The van der Waals surface area contributed by atoms with Crippen molar-refractivity contribution in [3.63, 3.8) is 0 Å². The molecule has 0 aliphatic carbocycles. The quantitative estimate of drug-likeness (QED) is 0.839. The van der Waals surface area contributed by atoms with Gasteiger partial charge in [0.1, 0.15) is 6.04 Å². The van der Waals surface area contributed by atoms with Gasteiger partial charge in [0, 0.05) is 20.2 Å². The number of methoxy groups -OCH3 is 1. The first-order chi connectivity index (χ1) is 7.46. The molecule has 1 unspecified atom stereocenters. The van der Waals surface area contributed by atoms with Gasteiger partial charge in [0.2, 0.25) is 5.91 Å². The molecular weight excluding hydrogens is 240 g/mol. The summed E-state index contributed by atoms with van der Waals surface area (Å²) >= 11 is 0. The van der Waals surface area contributed by atoms with Gasteiger partial charge in [-0.1, -0.05) is 13.8 Å². The van der Waals surface area contributed by atoms with Crippen molar-refractivity contribution in [2.24, 2.45) is 11.1 Å². The van der Waals surface area contributed by atoms with E-state index in [9.17, 15) is 4.79 Å². The molecule has 1 saturated heterocycles. The van der Waals surface area contributed by atoms with E-state index in [1.807, 2.05) is 4.90 Å². The summed E-state index contributed by atoms with van der Waals surface area (Å²) in [6, 6.07) is -0.508. The summed E-state index contributed by atoms with van der Waals surface area (Å²) in [5.41, 5.74) is 6.11. The van der Waals surface area contributed by atoms with Crippen molar-refractivity contribution in [2.75, 3.05) is 26.8 Å². The maximum Gasteiger partial charge on any atom is 0.241 e. The largest absolute Gasteiger partial charge is 0.383 e. The average Bonchev–Trinajstić information content (AvgIpc) is 2.39. The summed E-state index contributed by atoms with van der Waals surface area (Å²) in [6.45, 7) is 6.48. The summed E-state index contributed by atoms with van der Waals surface area (Å²) in [6.07, 6.45) is 3.30. The third-order valence-electron chi connectivity index (χ3n) is 3.32. The third-order valence-corrected chi connectivity index (χ3v) is 3.32. The Morgan fingerprint density at radius 3 is 2.65 bits per heavy atom. The second kappa shape index (κ2) is 7.19. The third kappa shape index (κ3) is 5.23. The van der Waals surface area contributed by atoms with Crippen LogP contribution in [0.15, 0.2) is 0 Å². The zero-order valence-electron chi connectivity index (χ0n) is 11.1. The minimum atomic E-state index is -0.508. The van der Waals surface area contributed by atoms with E-state index >= 15 is 0 Å². The van der Waals surface area contributed by atoms with Gasteiger partial charge in [-0.25, -0.2) is 0 Å². The molecule has 0 aromatic carbocycles. The van der Waals surface area contributed by atoms with Crippen LogP contribution in [0.25, 0.3) is 0 Å². The first-order valence-electron chi connectivity index (χ1n) is 5.99.